The van der Waals surface area contributed by atoms with E-state index in [1.54, 1.807) is 6.07 Å². The number of benzene rings is 1. The average Bonchev–Trinajstić information content (AvgIpc) is 3.43. The van der Waals surface area contributed by atoms with Gasteiger partial charge in [0, 0.05) is 6.54 Å². The molecule has 3 heterocycles. The normalized spacial score (nSPS) is 17.7. The summed E-state index contributed by atoms with van der Waals surface area (Å²) in [7, 11) is -3.75. The molecule has 4 rings (SSSR count). The number of imidazole rings is 1. The molecule has 3 aromatic rings. The molecular weight excluding hydrogens is 407 g/mol. The fraction of sp³-hybridized carbons (Fsp3) is 0.250. The molecule has 1 aromatic carbocycles. The SMILES string of the molecule is O=C(Nc1ccccc1F)c1nnc([C@@H]2CCCN2S(=O)(=O)c2cnc[nH]2)s1. The lowest BCUT2D eigenvalue weighted by atomic mass is 10.2. The van der Waals surface area contributed by atoms with E-state index in [1.165, 1.54) is 35.0 Å². The number of para-hydroxylation sites is 1. The summed E-state index contributed by atoms with van der Waals surface area (Å²) in [6.07, 6.45) is 3.78. The van der Waals surface area contributed by atoms with Gasteiger partial charge in [0.1, 0.15) is 10.8 Å². The first kappa shape index (κ1) is 18.7. The smallest absolute Gasteiger partial charge is 0.286 e. The summed E-state index contributed by atoms with van der Waals surface area (Å²) >= 11 is 0.992. The molecule has 0 saturated carbocycles. The molecule has 1 aliphatic rings. The van der Waals surface area contributed by atoms with Gasteiger partial charge >= 0.3 is 0 Å². The Balaban J connectivity index is 1.55. The van der Waals surface area contributed by atoms with Gasteiger partial charge in [-0.15, -0.1) is 10.2 Å². The number of nitrogens with zero attached hydrogens (tertiary/aromatic N) is 4. The maximum atomic E-state index is 13.7. The predicted molar refractivity (Wildman–Crippen MR) is 98.7 cm³/mol. The van der Waals surface area contributed by atoms with E-state index in [4.69, 9.17) is 0 Å². The van der Waals surface area contributed by atoms with E-state index in [9.17, 15) is 17.6 Å². The summed E-state index contributed by atoms with van der Waals surface area (Å²) in [5.41, 5.74) is 0.0357. The van der Waals surface area contributed by atoms with Crippen molar-refractivity contribution in [2.75, 3.05) is 11.9 Å². The third-order valence-corrected chi connectivity index (χ3v) is 7.16. The topological polar surface area (TPSA) is 121 Å². The van der Waals surface area contributed by atoms with E-state index in [-0.39, 0.29) is 15.7 Å². The first-order chi connectivity index (χ1) is 13.5. The Morgan fingerprint density at radius 2 is 2.14 bits per heavy atom. The second kappa shape index (κ2) is 7.37. The summed E-state index contributed by atoms with van der Waals surface area (Å²) in [6.45, 7) is 0.336. The van der Waals surface area contributed by atoms with E-state index < -0.39 is 27.8 Å². The van der Waals surface area contributed by atoms with Crippen molar-refractivity contribution in [3.05, 3.63) is 52.6 Å². The van der Waals surface area contributed by atoms with Crippen LogP contribution in [0.4, 0.5) is 10.1 Å². The van der Waals surface area contributed by atoms with Crippen LogP contribution in [0.25, 0.3) is 0 Å². The van der Waals surface area contributed by atoms with Gasteiger partial charge in [-0.25, -0.2) is 17.8 Å². The van der Waals surface area contributed by atoms with Crippen LogP contribution in [0, 0.1) is 5.82 Å². The molecule has 0 unspecified atom stereocenters. The maximum Gasteiger partial charge on any atom is 0.286 e. The van der Waals surface area contributed by atoms with E-state index in [1.807, 2.05) is 0 Å². The van der Waals surface area contributed by atoms with Gasteiger partial charge in [-0.05, 0) is 25.0 Å². The van der Waals surface area contributed by atoms with Crippen LogP contribution >= 0.6 is 11.3 Å². The maximum absolute atomic E-state index is 13.7. The number of sulfonamides is 1. The van der Waals surface area contributed by atoms with Crippen LogP contribution in [0.3, 0.4) is 0 Å². The van der Waals surface area contributed by atoms with Crippen LogP contribution in [0.1, 0.15) is 33.7 Å². The van der Waals surface area contributed by atoms with Gasteiger partial charge in [-0.1, -0.05) is 23.5 Å². The fourth-order valence-corrected chi connectivity index (χ4v) is 5.50. The summed E-state index contributed by atoms with van der Waals surface area (Å²) in [6, 6.07) is 5.27. The molecule has 0 spiro atoms. The van der Waals surface area contributed by atoms with Crippen molar-refractivity contribution in [1.29, 1.82) is 0 Å². The van der Waals surface area contributed by atoms with Crippen LogP contribution in [0.2, 0.25) is 0 Å². The van der Waals surface area contributed by atoms with Crippen molar-refractivity contribution in [1.82, 2.24) is 24.5 Å². The molecule has 0 bridgehead atoms. The number of carbonyl (C=O) groups is 1. The third kappa shape index (κ3) is 3.41. The van der Waals surface area contributed by atoms with Gasteiger partial charge < -0.3 is 10.3 Å². The monoisotopic (exact) mass is 422 g/mol. The molecule has 1 atom stereocenters. The summed E-state index contributed by atoms with van der Waals surface area (Å²) in [5.74, 6) is -1.16. The van der Waals surface area contributed by atoms with Gasteiger partial charge in [-0.2, -0.15) is 4.31 Å². The molecule has 9 nitrogen and oxygen atoms in total. The minimum Gasteiger partial charge on any atom is -0.335 e. The van der Waals surface area contributed by atoms with E-state index in [0.29, 0.717) is 24.4 Å². The summed E-state index contributed by atoms with van der Waals surface area (Å²) < 4.78 is 40.6. The van der Waals surface area contributed by atoms with Crippen molar-refractivity contribution in [2.45, 2.75) is 23.9 Å². The molecule has 1 saturated heterocycles. The molecule has 1 amide bonds. The fourth-order valence-electron chi connectivity index (χ4n) is 2.98. The standard InChI is InChI=1S/C16H15FN6O3S2/c17-10-4-1-2-5-11(10)20-14(24)16-22-21-15(27-16)12-6-3-7-23(12)28(25,26)13-8-18-9-19-13/h1-2,4-5,8-9,12H,3,6-7H2,(H,18,19)(H,20,24)/t12-/m0/s1. The zero-order valence-electron chi connectivity index (χ0n) is 14.4. The van der Waals surface area contributed by atoms with Crippen molar-refractivity contribution >= 4 is 33.0 Å². The van der Waals surface area contributed by atoms with Crippen molar-refractivity contribution in [2.24, 2.45) is 0 Å². The number of anilines is 1. The van der Waals surface area contributed by atoms with E-state index >= 15 is 0 Å². The minimum atomic E-state index is -3.75. The number of nitrogens with one attached hydrogen (secondary N) is 2. The van der Waals surface area contributed by atoms with Gasteiger partial charge in [0.05, 0.1) is 24.3 Å². The Labute approximate surface area is 163 Å². The van der Waals surface area contributed by atoms with Crippen LogP contribution in [0.5, 0.6) is 0 Å². The number of rotatable bonds is 5. The largest absolute Gasteiger partial charge is 0.335 e. The molecular formula is C16H15FN6O3S2. The lowest BCUT2D eigenvalue weighted by molar-refractivity contribution is 0.102. The highest BCUT2D eigenvalue weighted by atomic mass is 32.2. The molecule has 1 aliphatic heterocycles. The summed E-state index contributed by atoms with van der Waals surface area (Å²) in [4.78, 5) is 18.7. The number of aromatic amines is 1. The van der Waals surface area contributed by atoms with Crippen LogP contribution in [-0.4, -0.2) is 45.3 Å². The molecule has 28 heavy (non-hydrogen) atoms. The summed E-state index contributed by atoms with van der Waals surface area (Å²) in [5, 5.41) is 10.8. The Morgan fingerprint density at radius 1 is 1.32 bits per heavy atom. The molecule has 0 radical (unpaired) electrons. The zero-order valence-corrected chi connectivity index (χ0v) is 16.0. The average molecular weight is 422 g/mol. The van der Waals surface area contributed by atoms with Gasteiger partial charge in [0.25, 0.3) is 15.9 Å². The Bertz CT molecular complexity index is 1100. The first-order valence-corrected chi connectivity index (χ1v) is 10.6. The van der Waals surface area contributed by atoms with Gasteiger partial charge in [0.2, 0.25) is 5.01 Å². The lowest BCUT2D eigenvalue weighted by Crippen LogP contribution is -2.30. The Morgan fingerprint density at radius 3 is 2.89 bits per heavy atom. The van der Waals surface area contributed by atoms with E-state index in [0.717, 1.165) is 11.3 Å². The van der Waals surface area contributed by atoms with Crippen molar-refractivity contribution < 1.29 is 17.6 Å². The number of aromatic nitrogens is 4. The molecule has 1 fully saturated rings. The Hall–Kier alpha value is -2.70. The molecule has 0 aliphatic carbocycles. The third-order valence-electron chi connectivity index (χ3n) is 4.31. The van der Waals surface area contributed by atoms with Crippen LogP contribution < -0.4 is 5.32 Å². The molecule has 146 valence electrons. The highest BCUT2D eigenvalue weighted by Crippen LogP contribution is 2.37. The van der Waals surface area contributed by atoms with Crippen molar-refractivity contribution in [3.63, 3.8) is 0 Å². The van der Waals surface area contributed by atoms with Crippen molar-refractivity contribution in [3.8, 4) is 0 Å². The number of amides is 1. The highest BCUT2D eigenvalue weighted by molar-refractivity contribution is 7.89. The van der Waals surface area contributed by atoms with E-state index in [2.05, 4.69) is 25.5 Å². The quantitative estimate of drug-likeness (QED) is 0.650. The number of H-pyrrole nitrogens is 1. The molecule has 2 aromatic heterocycles. The molecule has 2 N–H and O–H groups in total. The van der Waals surface area contributed by atoms with Gasteiger partial charge in [-0.3, -0.25) is 4.79 Å². The Kier molecular flexibility index (Phi) is 4.91. The second-order valence-corrected chi connectivity index (χ2v) is 8.94. The predicted octanol–water partition coefficient (Wildman–Crippen LogP) is 2.18. The zero-order chi connectivity index (χ0) is 19.7. The highest BCUT2D eigenvalue weighted by Gasteiger charge is 2.39. The number of halogens is 1. The van der Waals surface area contributed by atoms with Crippen LogP contribution in [-0.2, 0) is 10.0 Å². The lowest BCUT2D eigenvalue weighted by Gasteiger charge is -2.20. The number of hydrogen-bond acceptors (Lipinski definition) is 7. The number of hydrogen-bond donors (Lipinski definition) is 2. The van der Waals surface area contributed by atoms with Gasteiger partial charge in [0.15, 0.2) is 5.03 Å². The van der Waals surface area contributed by atoms with Crippen LogP contribution in [0.15, 0.2) is 41.8 Å². The minimum absolute atomic E-state index is 0.00133. The first-order valence-electron chi connectivity index (χ1n) is 8.36. The number of carbonyl (C=O) groups excluding carboxylic acids is 1. The molecule has 12 heteroatoms. The second-order valence-electron chi connectivity index (χ2n) is 6.07.